The van der Waals surface area contributed by atoms with Crippen LogP contribution in [0.4, 0.5) is 0 Å². The molecule has 0 saturated carbocycles. The van der Waals surface area contributed by atoms with Crippen LogP contribution in [0.1, 0.15) is 31.1 Å². The number of rotatable bonds is 6. The highest BCUT2D eigenvalue weighted by atomic mass is 28.4. The first-order valence-corrected chi connectivity index (χ1v) is 11.3. The number of ether oxygens (including phenoxy) is 1. The fraction of sp³-hybridized carbons (Fsp3) is 0.474. The number of fused-ring (bicyclic) bond motifs is 1. The maximum Gasteiger partial charge on any atom is 0.379 e. The monoisotopic (exact) mass is 361 g/mol. The number of ketones is 1. The van der Waals surface area contributed by atoms with E-state index in [1.165, 1.54) is 7.11 Å². The zero-order chi connectivity index (χ0) is 18.8. The maximum absolute atomic E-state index is 12.3. The lowest BCUT2D eigenvalue weighted by Gasteiger charge is -2.36. The maximum atomic E-state index is 12.3. The summed E-state index contributed by atoms with van der Waals surface area (Å²) in [6.07, 6.45) is 1.72. The van der Waals surface area contributed by atoms with E-state index in [1.54, 1.807) is 6.20 Å². The Hall–Kier alpha value is -1.92. The molecule has 0 N–H and O–H groups in total. The predicted octanol–water partition coefficient (Wildman–Crippen LogP) is 4.02. The highest BCUT2D eigenvalue weighted by molar-refractivity contribution is 6.74. The molecule has 0 amide bonds. The second-order valence-corrected chi connectivity index (χ2v) is 12.5. The SMILES string of the molecule is COC(=O)C(=O)c1cn(CCO[Si](C)(C)C(C)(C)C)c2ccccc12. The van der Waals surface area contributed by atoms with Crippen LogP contribution in [0.3, 0.4) is 0 Å². The van der Waals surface area contributed by atoms with E-state index in [9.17, 15) is 9.59 Å². The Labute approximate surface area is 150 Å². The summed E-state index contributed by atoms with van der Waals surface area (Å²) < 4.78 is 12.8. The number of hydrogen-bond acceptors (Lipinski definition) is 4. The number of hydrogen-bond donors (Lipinski definition) is 0. The molecule has 1 aromatic heterocycles. The number of nitrogens with zero attached hydrogens (tertiary/aromatic N) is 1. The number of Topliss-reactive ketones (excluding diaryl/α,β-unsaturated/α-hetero) is 1. The molecular weight excluding hydrogens is 334 g/mol. The van der Waals surface area contributed by atoms with Crippen molar-refractivity contribution in [1.29, 1.82) is 0 Å². The molecule has 2 aromatic rings. The first kappa shape index (κ1) is 19.4. The third-order valence-electron chi connectivity index (χ3n) is 5.01. The molecule has 6 heteroatoms. The quantitative estimate of drug-likeness (QED) is 0.337. The largest absolute Gasteiger partial charge is 0.463 e. The molecule has 25 heavy (non-hydrogen) atoms. The molecule has 5 nitrogen and oxygen atoms in total. The van der Waals surface area contributed by atoms with Gasteiger partial charge in [-0.05, 0) is 24.2 Å². The Kier molecular flexibility index (Phi) is 5.54. The van der Waals surface area contributed by atoms with Gasteiger partial charge in [-0.1, -0.05) is 39.0 Å². The fourth-order valence-electron chi connectivity index (χ4n) is 2.43. The molecule has 0 radical (unpaired) electrons. The van der Waals surface area contributed by atoms with Gasteiger partial charge in [-0.2, -0.15) is 0 Å². The zero-order valence-corrected chi connectivity index (χ0v) is 16.9. The number of para-hydroxylation sites is 1. The summed E-state index contributed by atoms with van der Waals surface area (Å²) in [5, 5.41) is 0.905. The molecule has 136 valence electrons. The molecule has 0 aliphatic heterocycles. The van der Waals surface area contributed by atoms with Crippen molar-refractivity contribution in [3.05, 3.63) is 36.0 Å². The van der Waals surface area contributed by atoms with Crippen molar-refractivity contribution in [1.82, 2.24) is 4.57 Å². The molecule has 0 fully saturated rings. The Bertz CT molecular complexity index is 786. The van der Waals surface area contributed by atoms with Crippen molar-refractivity contribution in [3.63, 3.8) is 0 Å². The number of carbonyl (C=O) groups is 2. The van der Waals surface area contributed by atoms with E-state index in [0.29, 0.717) is 18.7 Å². The van der Waals surface area contributed by atoms with Gasteiger partial charge in [0, 0.05) is 23.6 Å². The molecule has 0 aliphatic rings. The van der Waals surface area contributed by atoms with Crippen molar-refractivity contribution in [3.8, 4) is 0 Å². The van der Waals surface area contributed by atoms with Crippen LogP contribution in [0.25, 0.3) is 10.9 Å². The molecule has 0 unspecified atom stereocenters. The molecule has 1 aromatic carbocycles. The molecular formula is C19H27NO4Si. The lowest BCUT2D eigenvalue weighted by molar-refractivity contribution is -0.135. The van der Waals surface area contributed by atoms with E-state index in [1.807, 2.05) is 28.8 Å². The first-order chi connectivity index (χ1) is 11.6. The summed E-state index contributed by atoms with van der Waals surface area (Å²) in [5.74, 6) is -1.47. The molecule has 0 aliphatic carbocycles. The second kappa shape index (κ2) is 7.13. The van der Waals surface area contributed by atoms with E-state index in [0.717, 1.165) is 10.9 Å². The summed E-state index contributed by atoms with van der Waals surface area (Å²) in [6.45, 7) is 12.2. The van der Waals surface area contributed by atoms with Gasteiger partial charge in [-0.25, -0.2) is 4.79 Å². The Morgan fingerprint density at radius 2 is 1.80 bits per heavy atom. The van der Waals surface area contributed by atoms with Gasteiger partial charge >= 0.3 is 5.97 Å². The Balaban J connectivity index is 2.25. The van der Waals surface area contributed by atoms with Crippen molar-refractivity contribution >= 4 is 31.0 Å². The first-order valence-electron chi connectivity index (χ1n) is 8.43. The number of carbonyl (C=O) groups excluding carboxylic acids is 2. The van der Waals surface area contributed by atoms with Crippen molar-refractivity contribution < 1.29 is 18.8 Å². The van der Waals surface area contributed by atoms with Gasteiger partial charge in [0.25, 0.3) is 5.78 Å². The number of benzene rings is 1. The number of aromatic nitrogens is 1. The minimum Gasteiger partial charge on any atom is -0.463 e. The fourth-order valence-corrected chi connectivity index (χ4v) is 3.47. The van der Waals surface area contributed by atoms with Crippen LogP contribution < -0.4 is 0 Å². The van der Waals surface area contributed by atoms with Crippen LogP contribution in [0.15, 0.2) is 30.5 Å². The summed E-state index contributed by atoms with van der Waals surface area (Å²) >= 11 is 0. The van der Waals surface area contributed by atoms with Crippen LogP contribution in [-0.2, 0) is 20.5 Å². The second-order valence-electron chi connectivity index (χ2n) is 7.68. The molecule has 2 rings (SSSR count). The topological polar surface area (TPSA) is 57.5 Å². The van der Waals surface area contributed by atoms with E-state index in [4.69, 9.17) is 4.43 Å². The average Bonchev–Trinajstić information content (AvgIpc) is 2.91. The predicted molar refractivity (Wildman–Crippen MR) is 101 cm³/mol. The smallest absolute Gasteiger partial charge is 0.379 e. The van der Waals surface area contributed by atoms with Gasteiger partial charge in [0.15, 0.2) is 8.32 Å². The Morgan fingerprint density at radius 1 is 1.16 bits per heavy atom. The summed E-state index contributed by atoms with van der Waals surface area (Å²) in [6, 6.07) is 7.55. The van der Waals surface area contributed by atoms with Gasteiger partial charge in [-0.3, -0.25) is 4.79 Å². The van der Waals surface area contributed by atoms with Gasteiger partial charge in [0.1, 0.15) is 0 Å². The van der Waals surface area contributed by atoms with Crippen molar-refractivity contribution in [2.24, 2.45) is 0 Å². The molecule has 0 spiro atoms. The normalized spacial score (nSPS) is 12.4. The standard InChI is InChI=1S/C19H27NO4Si/c1-19(2,3)25(5,6)24-12-11-20-13-15(17(21)18(22)23-4)14-9-7-8-10-16(14)20/h7-10,13H,11-12H2,1-6H3. The van der Waals surface area contributed by atoms with Gasteiger partial charge in [0.05, 0.1) is 19.3 Å². The van der Waals surface area contributed by atoms with E-state index >= 15 is 0 Å². The summed E-state index contributed by atoms with van der Waals surface area (Å²) in [4.78, 5) is 23.9. The average molecular weight is 362 g/mol. The lowest BCUT2D eigenvalue weighted by atomic mass is 10.1. The van der Waals surface area contributed by atoms with Gasteiger partial charge < -0.3 is 13.7 Å². The highest BCUT2D eigenvalue weighted by Crippen LogP contribution is 2.36. The third-order valence-corrected chi connectivity index (χ3v) is 9.54. The molecule has 1 heterocycles. The van der Waals surface area contributed by atoms with E-state index in [2.05, 4.69) is 38.6 Å². The van der Waals surface area contributed by atoms with Crippen molar-refractivity contribution in [2.45, 2.75) is 45.4 Å². The lowest BCUT2D eigenvalue weighted by Crippen LogP contribution is -2.41. The highest BCUT2D eigenvalue weighted by Gasteiger charge is 2.36. The molecule has 0 bridgehead atoms. The van der Waals surface area contributed by atoms with Crippen LogP contribution in [0, 0.1) is 0 Å². The van der Waals surface area contributed by atoms with Crippen molar-refractivity contribution in [2.75, 3.05) is 13.7 Å². The molecule has 0 saturated heterocycles. The minimum absolute atomic E-state index is 0.151. The Morgan fingerprint density at radius 3 is 2.40 bits per heavy atom. The number of methoxy groups -OCH3 is 1. The minimum atomic E-state index is -1.82. The van der Waals surface area contributed by atoms with Gasteiger partial charge in [-0.15, -0.1) is 0 Å². The van der Waals surface area contributed by atoms with Crippen LogP contribution >= 0.6 is 0 Å². The van der Waals surface area contributed by atoms with E-state index < -0.39 is 20.1 Å². The summed E-state index contributed by atoms with van der Waals surface area (Å²) in [7, 11) is -0.605. The number of esters is 1. The zero-order valence-electron chi connectivity index (χ0n) is 15.9. The molecule has 0 atom stereocenters. The van der Waals surface area contributed by atoms with Gasteiger partial charge in [0.2, 0.25) is 0 Å². The third kappa shape index (κ3) is 4.02. The summed E-state index contributed by atoms with van der Waals surface area (Å²) in [5.41, 5.74) is 1.28. The van der Waals surface area contributed by atoms with Crippen LogP contribution in [0.2, 0.25) is 18.1 Å². The van der Waals surface area contributed by atoms with Crippen LogP contribution in [-0.4, -0.2) is 38.4 Å². The van der Waals surface area contributed by atoms with Crippen LogP contribution in [0.5, 0.6) is 0 Å². The van der Waals surface area contributed by atoms with E-state index in [-0.39, 0.29) is 5.04 Å².